The van der Waals surface area contributed by atoms with Gasteiger partial charge < -0.3 is 5.32 Å². The zero-order valence-electron chi connectivity index (χ0n) is 8.11. The Labute approximate surface area is 87.9 Å². The smallest absolute Gasteiger partial charge is 0.355 e. The summed E-state index contributed by atoms with van der Waals surface area (Å²) in [6, 6.07) is 0. The van der Waals surface area contributed by atoms with Crippen molar-refractivity contribution >= 4 is 5.91 Å². The van der Waals surface area contributed by atoms with E-state index in [1.807, 2.05) is 5.32 Å². The van der Waals surface area contributed by atoms with Crippen molar-refractivity contribution in [3.8, 4) is 0 Å². The summed E-state index contributed by atoms with van der Waals surface area (Å²) in [6.45, 7) is 0.546. The van der Waals surface area contributed by atoms with Crippen LogP contribution in [0.4, 0.5) is 0 Å². The first kappa shape index (κ1) is 13.7. The molecule has 0 unspecified atom stereocenters. The first-order valence-corrected chi connectivity index (χ1v) is 3.93. The van der Waals surface area contributed by atoms with Crippen LogP contribution in [-0.2, 0) is 4.79 Å². The predicted molar refractivity (Wildman–Crippen MR) is 47.0 cm³/mol. The van der Waals surface area contributed by atoms with Gasteiger partial charge >= 0.3 is 5.79 Å². The van der Waals surface area contributed by atoms with Crippen molar-refractivity contribution in [3.63, 3.8) is 0 Å². The highest BCUT2D eigenvalue weighted by Gasteiger charge is 2.69. The van der Waals surface area contributed by atoms with E-state index in [2.05, 4.69) is 0 Å². The Bertz CT molecular complexity index is 304. The molecule has 1 N–H and O–H groups in total. The van der Waals surface area contributed by atoms with Crippen molar-refractivity contribution in [3.05, 3.63) is 30.3 Å². The maximum absolute atomic E-state index is 10.4. The number of nitrogens with one attached hydrogen (secondary N) is 1. The van der Waals surface area contributed by atoms with E-state index in [9.17, 15) is 35.1 Å². The highest BCUT2D eigenvalue weighted by Crippen LogP contribution is 2.16. The van der Waals surface area contributed by atoms with Gasteiger partial charge in [-0.1, -0.05) is 0 Å². The van der Waals surface area contributed by atoms with Crippen LogP contribution in [0.5, 0.6) is 0 Å². The lowest BCUT2D eigenvalue weighted by Crippen LogP contribution is -2.54. The van der Waals surface area contributed by atoms with Crippen LogP contribution in [0.2, 0.25) is 0 Å². The molecule has 0 aromatic carbocycles. The molecule has 0 aromatic rings. The lowest BCUT2D eigenvalue weighted by atomic mass is 10.2. The normalized spacial score (nSPS) is 10.6. The molecule has 11 heteroatoms. The third-order valence-corrected chi connectivity index (χ3v) is 1.71. The highest BCUT2D eigenvalue weighted by atomic mass is 16.7. The van der Waals surface area contributed by atoms with Crippen molar-refractivity contribution in [1.29, 1.82) is 0 Å². The molecule has 0 aromatic heterocycles. The quantitative estimate of drug-likeness (QED) is 0.351. The van der Waals surface area contributed by atoms with E-state index < -0.39 is 39.4 Å². The van der Waals surface area contributed by atoms with Crippen molar-refractivity contribution in [2.75, 3.05) is 6.54 Å². The number of hydrogen-bond donors (Lipinski definition) is 1. The fourth-order valence-corrected chi connectivity index (χ4v) is 0.880. The highest BCUT2D eigenvalue weighted by molar-refractivity contribution is 5.72. The Morgan fingerprint density at radius 2 is 1.50 bits per heavy atom. The number of carbonyl (C=O) groups is 1. The monoisotopic (exact) mass is 236 g/mol. The van der Waals surface area contributed by atoms with Crippen LogP contribution in [0.25, 0.3) is 0 Å². The molecule has 90 valence electrons. The molecule has 0 aliphatic heterocycles. The van der Waals surface area contributed by atoms with E-state index in [4.69, 9.17) is 0 Å². The van der Waals surface area contributed by atoms with Gasteiger partial charge in [-0.25, -0.2) is 0 Å². The Kier molecular flexibility index (Phi) is 4.23. The second-order valence-corrected chi connectivity index (χ2v) is 2.78. The van der Waals surface area contributed by atoms with Crippen LogP contribution in [-0.4, -0.2) is 33.0 Å². The SMILES string of the molecule is CC(=O)NCCC([N+](=O)[O-])([N+](=O)[O-])[N+](=O)[O-]. The Hall–Kier alpha value is -2.33. The van der Waals surface area contributed by atoms with Gasteiger partial charge in [0.2, 0.25) is 5.91 Å². The predicted octanol–water partition coefficient (Wildman–Crippen LogP) is -1.00. The molecule has 0 heterocycles. The van der Waals surface area contributed by atoms with E-state index in [0.717, 1.165) is 6.92 Å². The molecule has 0 spiro atoms. The van der Waals surface area contributed by atoms with Crippen LogP contribution in [0.1, 0.15) is 13.3 Å². The molecular weight excluding hydrogens is 228 g/mol. The number of hydrogen-bond acceptors (Lipinski definition) is 7. The molecule has 0 saturated carbocycles. The minimum absolute atomic E-state index is 0.529. The zero-order valence-corrected chi connectivity index (χ0v) is 8.11. The number of rotatable bonds is 6. The summed E-state index contributed by atoms with van der Waals surface area (Å²) in [5, 5.41) is 33.2. The van der Waals surface area contributed by atoms with Crippen LogP contribution < -0.4 is 5.32 Å². The molecule has 0 fully saturated rings. The van der Waals surface area contributed by atoms with Gasteiger partial charge in [-0.2, -0.15) is 0 Å². The fourth-order valence-electron chi connectivity index (χ4n) is 0.880. The van der Waals surface area contributed by atoms with E-state index >= 15 is 0 Å². The third kappa shape index (κ3) is 2.59. The van der Waals surface area contributed by atoms with Gasteiger partial charge in [-0.3, -0.25) is 35.1 Å². The molecular formula is C5H8N4O7. The molecule has 0 bridgehead atoms. The van der Waals surface area contributed by atoms with E-state index in [-0.39, 0.29) is 0 Å². The van der Waals surface area contributed by atoms with Crippen molar-refractivity contribution < 1.29 is 19.6 Å². The van der Waals surface area contributed by atoms with Gasteiger partial charge in [-0.05, 0) is 0 Å². The fraction of sp³-hybridized carbons (Fsp3) is 0.800. The van der Waals surface area contributed by atoms with Crippen LogP contribution in [0, 0.1) is 30.3 Å². The molecule has 0 rings (SSSR count). The van der Waals surface area contributed by atoms with Gasteiger partial charge in [-0.15, -0.1) is 0 Å². The van der Waals surface area contributed by atoms with Crippen molar-refractivity contribution in [1.82, 2.24) is 5.32 Å². The van der Waals surface area contributed by atoms with Gasteiger partial charge in [0.15, 0.2) is 21.2 Å². The molecule has 0 atom stereocenters. The molecule has 16 heavy (non-hydrogen) atoms. The summed E-state index contributed by atoms with van der Waals surface area (Å²) >= 11 is 0. The van der Waals surface area contributed by atoms with Gasteiger partial charge in [0.25, 0.3) is 0 Å². The van der Waals surface area contributed by atoms with Crippen molar-refractivity contribution in [2.45, 2.75) is 19.1 Å². The number of amides is 1. The number of carbonyl (C=O) groups excluding carboxylic acids is 1. The molecule has 0 aliphatic carbocycles. The van der Waals surface area contributed by atoms with Crippen molar-refractivity contribution in [2.24, 2.45) is 0 Å². The molecule has 1 amide bonds. The summed E-state index contributed by atoms with van der Waals surface area (Å²) < 4.78 is 0. The van der Waals surface area contributed by atoms with E-state index in [1.54, 1.807) is 0 Å². The standard InChI is InChI=1S/C5H8N4O7/c1-4(10)6-3-2-5(7(11)12,8(13)14)9(15)16/h2-3H2,1H3,(H,6,10). The molecule has 11 nitrogen and oxygen atoms in total. The first-order chi connectivity index (χ1) is 7.25. The van der Waals surface area contributed by atoms with Crippen LogP contribution in [0.15, 0.2) is 0 Å². The molecule has 0 aliphatic rings. The summed E-state index contributed by atoms with van der Waals surface area (Å²) in [4.78, 5) is 36.8. The Morgan fingerprint density at radius 3 is 1.75 bits per heavy atom. The van der Waals surface area contributed by atoms with Gasteiger partial charge in [0.05, 0.1) is 0 Å². The maximum Gasteiger partial charge on any atom is 0.701 e. The molecule has 0 saturated heterocycles. The largest absolute Gasteiger partial charge is 0.701 e. The lowest BCUT2D eigenvalue weighted by molar-refractivity contribution is -0.970. The van der Waals surface area contributed by atoms with E-state index in [1.165, 1.54) is 0 Å². The van der Waals surface area contributed by atoms with Gasteiger partial charge in [0.1, 0.15) is 0 Å². The average Bonchev–Trinajstić information content (AvgIpc) is 2.09. The van der Waals surface area contributed by atoms with E-state index in [0.29, 0.717) is 0 Å². The zero-order chi connectivity index (χ0) is 12.9. The average molecular weight is 236 g/mol. The summed E-state index contributed by atoms with van der Waals surface area (Å²) in [5.41, 5.74) is 0. The summed E-state index contributed by atoms with van der Waals surface area (Å²) in [7, 11) is 0. The van der Waals surface area contributed by atoms with Crippen LogP contribution >= 0.6 is 0 Å². The minimum Gasteiger partial charge on any atom is -0.355 e. The van der Waals surface area contributed by atoms with Gasteiger partial charge in [0, 0.05) is 13.5 Å². The van der Waals surface area contributed by atoms with Crippen LogP contribution in [0.3, 0.4) is 0 Å². The minimum atomic E-state index is -3.51. The first-order valence-electron chi connectivity index (χ1n) is 3.93. The summed E-state index contributed by atoms with van der Waals surface area (Å²) in [5.74, 6) is -4.11. The number of nitrogens with zero attached hydrogens (tertiary/aromatic N) is 3. The molecule has 0 radical (unpaired) electrons. The second-order valence-electron chi connectivity index (χ2n) is 2.78. The Morgan fingerprint density at radius 1 is 1.12 bits per heavy atom. The Balaban J connectivity index is 4.92. The number of nitro groups is 3. The lowest BCUT2D eigenvalue weighted by Gasteiger charge is -2.08. The summed E-state index contributed by atoms with van der Waals surface area (Å²) in [6.07, 6.45) is -1.03. The second kappa shape index (κ2) is 4.95. The topological polar surface area (TPSA) is 159 Å². The third-order valence-electron chi connectivity index (χ3n) is 1.71. The maximum atomic E-state index is 10.4.